The van der Waals surface area contributed by atoms with Gasteiger partial charge in [-0.05, 0) is 32.1 Å². The van der Waals surface area contributed by atoms with Gasteiger partial charge in [-0.2, -0.15) is 11.8 Å². The highest BCUT2D eigenvalue weighted by Crippen LogP contribution is 2.46. The number of hydrogen-bond donors (Lipinski definition) is 2. The summed E-state index contributed by atoms with van der Waals surface area (Å²) in [5, 5.41) is 11.9. The normalized spacial score (nSPS) is 20.2. The van der Waals surface area contributed by atoms with Gasteiger partial charge in [-0.25, -0.2) is 0 Å². The van der Waals surface area contributed by atoms with Crippen LogP contribution in [0.3, 0.4) is 0 Å². The summed E-state index contributed by atoms with van der Waals surface area (Å²) in [5.41, 5.74) is 0. The number of aliphatic hydroxyl groups is 1. The van der Waals surface area contributed by atoms with E-state index in [4.69, 9.17) is 5.11 Å². The summed E-state index contributed by atoms with van der Waals surface area (Å²) in [7, 11) is 0. The van der Waals surface area contributed by atoms with Crippen molar-refractivity contribution in [3.8, 4) is 0 Å². The van der Waals surface area contributed by atoms with Crippen LogP contribution in [0.15, 0.2) is 0 Å². The van der Waals surface area contributed by atoms with E-state index in [-0.39, 0.29) is 0 Å². The molecule has 0 heterocycles. The summed E-state index contributed by atoms with van der Waals surface area (Å²) < 4.78 is 0.565. The van der Waals surface area contributed by atoms with E-state index in [1.807, 2.05) is 11.8 Å². The van der Waals surface area contributed by atoms with Crippen molar-refractivity contribution in [1.82, 2.24) is 5.32 Å². The number of nitrogens with one attached hydrogen (secondary N) is 1. The van der Waals surface area contributed by atoms with Gasteiger partial charge in [0.05, 0.1) is 0 Å². The molecule has 0 aromatic heterocycles. The molecule has 11 heavy (non-hydrogen) atoms. The van der Waals surface area contributed by atoms with Crippen molar-refractivity contribution in [1.29, 1.82) is 0 Å². The minimum Gasteiger partial charge on any atom is -0.396 e. The van der Waals surface area contributed by atoms with Gasteiger partial charge in [0.1, 0.15) is 0 Å². The standard InChI is InChI=1S/C8H17NOS/c1-11-8(3-4-8)7-9-5-2-6-10/h9-10H,2-7H2,1H3. The largest absolute Gasteiger partial charge is 0.396 e. The van der Waals surface area contributed by atoms with Gasteiger partial charge in [-0.3, -0.25) is 0 Å². The van der Waals surface area contributed by atoms with E-state index in [9.17, 15) is 0 Å². The van der Waals surface area contributed by atoms with Gasteiger partial charge < -0.3 is 10.4 Å². The lowest BCUT2D eigenvalue weighted by molar-refractivity contribution is 0.286. The fourth-order valence-electron chi connectivity index (χ4n) is 1.11. The van der Waals surface area contributed by atoms with Gasteiger partial charge in [0.25, 0.3) is 0 Å². The first-order valence-electron chi connectivity index (χ1n) is 4.20. The topological polar surface area (TPSA) is 32.3 Å². The third kappa shape index (κ3) is 3.01. The molecule has 0 spiro atoms. The molecule has 0 aromatic carbocycles. The summed E-state index contributed by atoms with van der Waals surface area (Å²) in [6.07, 6.45) is 5.78. The highest BCUT2D eigenvalue weighted by Gasteiger charge is 2.40. The maximum atomic E-state index is 8.52. The molecule has 66 valence electrons. The van der Waals surface area contributed by atoms with Gasteiger partial charge in [0, 0.05) is 17.9 Å². The van der Waals surface area contributed by atoms with Gasteiger partial charge >= 0.3 is 0 Å². The quantitative estimate of drug-likeness (QED) is 0.587. The van der Waals surface area contributed by atoms with Crippen LogP contribution in [0.5, 0.6) is 0 Å². The molecule has 0 amide bonds. The van der Waals surface area contributed by atoms with Crippen LogP contribution >= 0.6 is 11.8 Å². The van der Waals surface area contributed by atoms with Crippen molar-refractivity contribution in [2.24, 2.45) is 0 Å². The summed E-state index contributed by atoms with van der Waals surface area (Å²) in [4.78, 5) is 0. The van der Waals surface area contributed by atoms with Gasteiger partial charge in [-0.15, -0.1) is 0 Å². The predicted octanol–water partition coefficient (Wildman–Crippen LogP) is 0.854. The Morgan fingerprint density at radius 2 is 2.27 bits per heavy atom. The number of hydrogen-bond acceptors (Lipinski definition) is 3. The molecule has 1 aliphatic rings. The van der Waals surface area contributed by atoms with Crippen LogP contribution in [0.2, 0.25) is 0 Å². The molecule has 1 saturated carbocycles. The van der Waals surface area contributed by atoms with Crippen LogP contribution in [0, 0.1) is 0 Å². The lowest BCUT2D eigenvalue weighted by Crippen LogP contribution is -2.27. The van der Waals surface area contributed by atoms with Crippen LogP contribution in [0.25, 0.3) is 0 Å². The Morgan fingerprint density at radius 3 is 2.73 bits per heavy atom. The molecule has 0 saturated heterocycles. The van der Waals surface area contributed by atoms with Crippen LogP contribution in [-0.2, 0) is 0 Å². The fraction of sp³-hybridized carbons (Fsp3) is 1.00. The molecule has 0 radical (unpaired) electrons. The van der Waals surface area contributed by atoms with Crippen molar-refractivity contribution < 1.29 is 5.11 Å². The Hall–Kier alpha value is 0.270. The Morgan fingerprint density at radius 1 is 1.55 bits per heavy atom. The second kappa shape index (κ2) is 4.33. The third-order valence-electron chi connectivity index (χ3n) is 2.20. The molecule has 2 N–H and O–H groups in total. The monoisotopic (exact) mass is 175 g/mol. The summed E-state index contributed by atoms with van der Waals surface area (Å²) >= 11 is 1.97. The first kappa shape index (κ1) is 9.36. The zero-order valence-corrected chi connectivity index (χ0v) is 7.91. The molecule has 0 aromatic rings. The zero-order chi connectivity index (χ0) is 8.16. The Balaban J connectivity index is 1.94. The molecule has 3 heteroatoms. The average molecular weight is 175 g/mol. The van der Waals surface area contributed by atoms with Crippen LogP contribution < -0.4 is 5.32 Å². The zero-order valence-electron chi connectivity index (χ0n) is 7.10. The van der Waals surface area contributed by atoms with E-state index in [1.165, 1.54) is 12.8 Å². The smallest absolute Gasteiger partial charge is 0.0443 e. The van der Waals surface area contributed by atoms with E-state index in [0.717, 1.165) is 19.5 Å². The fourth-order valence-corrected chi connectivity index (χ4v) is 1.87. The predicted molar refractivity (Wildman–Crippen MR) is 50.1 cm³/mol. The second-order valence-corrected chi connectivity index (χ2v) is 4.42. The van der Waals surface area contributed by atoms with E-state index < -0.39 is 0 Å². The van der Waals surface area contributed by atoms with Crippen molar-refractivity contribution in [2.45, 2.75) is 24.0 Å². The average Bonchev–Trinajstić information content (AvgIpc) is 2.80. The number of thioether (sulfide) groups is 1. The van der Waals surface area contributed by atoms with Gasteiger partial charge in [0.2, 0.25) is 0 Å². The summed E-state index contributed by atoms with van der Waals surface area (Å²) in [6.45, 7) is 2.38. The summed E-state index contributed by atoms with van der Waals surface area (Å²) in [5.74, 6) is 0. The third-order valence-corrected chi connectivity index (χ3v) is 3.62. The Bertz CT molecular complexity index is 115. The highest BCUT2D eigenvalue weighted by atomic mass is 32.2. The summed E-state index contributed by atoms with van der Waals surface area (Å²) in [6, 6.07) is 0. The van der Waals surface area contributed by atoms with Crippen LogP contribution in [0.4, 0.5) is 0 Å². The van der Waals surface area contributed by atoms with E-state index in [1.54, 1.807) is 0 Å². The van der Waals surface area contributed by atoms with Crippen molar-refractivity contribution in [3.63, 3.8) is 0 Å². The minimum atomic E-state index is 0.305. The lowest BCUT2D eigenvalue weighted by atomic mass is 10.4. The van der Waals surface area contributed by atoms with Crippen molar-refractivity contribution >= 4 is 11.8 Å². The molecule has 0 unspecified atom stereocenters. The number of aliphatic hydroxyl groups excluding tert-OH is 1. The molecule has 0 atom stereocenters. The first-order chi connectivity index (χ1) is 5.33. The maximum absolute atomic E-state index is 8.52. The van der Waals surface area contributed by atoms with E-state index in [0.29, 0.717) is 11.4 Å². The molecular weight excluding hydrogens is 158 g/mol. The van der Waals surface area contributed by atoms with E-state index in [2.05, 4.69) is 11.6 Å². The molecule has 2 nitrogen and oxygen atoms in total. The Kier molecular flexibility index (Phi) is 3.69. The Labute approximate surface area is 72.8 Å². The molecular formula is C8H17NOS. The SMILES string of the molecule is CSC1(CNCCCO)CC1. The maximum Gasteiger partial charge on any atom is 0.0443 e. The molecule has 1 aliphatic carbocycles. The molecule has 0 bridgehead atoms. The lowest BCUT2D eigenvalue weighted by Gasteiger charge is -2.12. The van der Waals surface area contributed by atoms with Crippen LogP contribution in [0.1, 0.15) is 19.3 Å². The highest BCUT2D eigenvalue weighted by molar-refractivity contribution is 8.00. The molecule has 1 fully saturated rings. The van der Waals surface area contributed by atoms with Gasteiger partial charge in [-0.1, -0.05) is 0 Å². The molecule has 0 aliphatic heterocycles. The van der Waals surface area contributed by atoms with E-state index >= 15 is 0 Å². The van der Waals surface area contributed by atoms with Crippen molar-refractivity contribution in [3.05, 3.63) is 0 Å². The van der Waals surface area contributed by atoms with Gasteiger partial charge in [0.15, 0.2) is 0 Å². The van der Waals surface area contributed by atoms with Crippen LogP contribution in [-0.4, -0.2) is 35.8 Å². The molecule has 1 rings (SSSR count). The first-order valence-corrected chi connectivity index (χ1v) is 5.42. The second-order valence-electron chi connectivity index (χ2n) is 3.14. The van der Waals surface area contributed by atoms with Crippen molar-refractivity contribution in [2.75, 3.05) is 26.0 Å². The minimum absolute atomic E-state index is 0.305. The number of rotatable bonds is 6.